The lowest BCUT2D eigenvalue weighted by Gasteiger charge is -2.14. The Kier molecular flexibility index (Phi) is 4.48. The number of ether oxygens (including phenoxy) is 1. The zero-order chi connectivity index (χ0) is 14.9. The van der Waals surface area contributed by atoms with Crippen molar-refractivity contribution in [2.24, 2.45) is 0 Å². The molecular formula is C15H13Cl3O2. The Balaban J connectivity index is 2.44. The summed E-state index contributed by atoms with van der Waals surface area (Å²) < 4.78 is 3.31. The summed E-state index contributed by atoms with van der Waals surface area (Å²) in [5, 5.41) is 1.94. The first-order valence-corrected chi connectivity index (χ1v) is 7.15. The first-order chi connectivity index (χ1) is 9.32. The van der Waals surface area contributed by atoms with Crippen molar-refractivity contribution in [3.05, 3.63) is 47.5 Å². The van der Waals surface area contributed by atoms with E-state index in [1.165, 1.54) is 7.11 Å². The highest BCUT2D eigenvalue weighted by molar-refractivity contribution is 6.66. The van der Waals surface area contributed by atoms with E-state index in [1.54, 1.807) is 6.07 Å². The number of halogens is 3. The summed E-state index contributed by atoms with van der Waals surface area (Å²) in [5.74, 6) is -0.570. The van der Waals surface area contributed by atoms with Gasteiger partial charge in [0.05, 0.1) is 13.0 Å². The van der Waals surface area contributed by atoms with Crippen LogP contribution in [0.1, 0.15) is 24.0 Å². The fraction of sp³-hybridized carbons (Fsp3) is 0.267. The van der Waals surface area contributed by atoms with Crippen LogP contribution in [0.5, 0.6) is 0 Å². The number of rotatable bonds is 2. The van der Waals surface area contributed by atoms with Gasteiger partial charge in [0.25, 0.3) is 0 Å². The molecule has 0 aliphatic carbocycles. The van der Waals surface area contributed by atoms with Crippen LogP contribution >= 0.6 is 34.8 Å². The largest absolute Gasteiger partial charge is 0.469 e. The highest BCUT2D eigenvalue weighted by atomic mass is 35.6. The lowest BCUT2D eigenvalue weighted by Crippen LogP contribution is -2.10. The highest BCUT2D eigenvalue weighted by Crippen LogP contribution is 2.39. The van der Waals surface area contributed by atoms with Crippen LogP contribution in [0.2, 0.25) is 0 Å². The maximum Gasteiger partial charge on any atom is 0.312 e. The Morgan fingerprint density at radius 1 is 1.10 bits per heavy atom. The van der Waals surface area contributed by atoms with Crippen molar-refractivity contribution in [1.82, 2.24) is 0 Å². The third-order valence-corrected chi connectivity index (χ3v) is 3.90. The minimum atomic E-state index is -1.44. The molecule has 0 spiro atoms. The molecule has 106 valence electrons. The monoisotopic (exact) mass is 330 g/mol. The molecule has 2 rings (SSSR count). The molecule has 0 radical (unpaired) electrons. The topological polar surface area (TPSA) is 26.3 Å². The minimum Gasteiger partial charge on any atom is -0.469 e. The quantitative estimate of drug-likeness (QED) is 0.575. The van der Waals surface area contributed by atoms with Crippen LogP contribution in [-0.2, 0) is 13.3 Å². The lowest BCUT2D eigenvalue weighted by atomic mass is 9.97. The maximum atomic E-state index is 11.6. The Labute approximate surface area is 132 Å². The van der Waals surface area contributed by atoms with Crippen LogP contribution in [-0.4, -0.2) is 13.1 Å². The van der Waals surface area contributed by atoms with Gasteiger partial charge in [-0.1, -0.05) is 65.1 Å². The van der Waals surface area contributed by atoms with E-state index in [2.05, 4.69) is 0 Å². The number of esters is 1. The van der Waals surface area contributed by atoms with Gasteiger partial charge in [-0.2, -0.15) is 0 Å². The molecule has 0 N–H and O–H groups in total. The van der Waals surface area contributed by atoms with Gasteiger partial charge in [-0.15, -0.1) is 0 Å². The summed E-state index contributed by atoms with van der Waals surface area (Å²) in [6, 6.07) is 11.2. The average Bonchev–Trinajstić information content (AvgIpc) is 2.43. The molecule has 1 unspecified atom stereocenters. The summed E-state index contributed by atoms with van der Waals surface area (Å²) in [6.45, 7) is 1.81. The molecule has 0 bridgehead atoms. The fourth-order valence-corrected chi connectivity index (χ4v) is 2.38. The van der Waals surface area contributed by atoms with Gasteiger partial charge < -0.3 is 4.74 Å². The van der Waals surface area contributed by atoms with Crippen molar-refractivity contribution in [3.8, 4) is 0 Å². The molecule has 0 aliphatic heterocycles. The summed E-state index contributed by atoms with van der Waals surface area (Å²) in [5.41, 5.74) is 1.51. The van der Waals surface area contributed by atoms with Gasteiger partial charge in [0.1, 0.15) is 0 Å². The SMILES string of the molecule is COC(=O)C(C)c1ccc2cc(C(Cl)(Cl)Cl)ccc2c1. The fourth-order valence-electron chi connectivity index (χ4n) is 2.02. The summed E-state index contributed by atoms with van der Waals surface area (Å²) in [6.07, 6.45) is 0. The van der Waals surface area contributed by atoms with E-state index in [-0.39, 0.29) is 11.9 Å². The van der Waals surface area contributed by atoms with E-state index in [0.717, 1.165) is 16.3 Å². The zero-order valence-electron chi connectivity index (χ0n) is 11.0. The Morgan fingerprint density at radius 2 is 1.70 bits per heavy atom. The van der Waals surface area contributed by atoms with E-state index in [0.29, 0.717) is 5.56 Å². The molecule has 2 aromatic carbocycles. The molecule has 0 saturated carbocycles. The summed E-state index contributed by atoms with van der Waals surface area (Å²) in [4.78, 5) is 11.6. The number of methoxy groups -OCH3 is 1. The molecule has 5 heteroatoms. The number of benzene rings is 2. The second kappa shape index (κ2) is 5.80. The van der Waals surface area contributed by atoms with Crippen molar-refractivity contribution in [2.75, 3.05) is 7.11 Å². The van der Waals surface area contributed by atoms with Gasteiger partial charge in [0.2, 0.25) is 3.79 Å². The van der Waals surface area contributed by atoms with Crippen LogP contribution in [0.3, 0.4) is 0 Å². The van der Waals surface area contributed by atoms with Crippen molar-refractivity contribution in [3.63, 3.8) is 0 Å². The molecule has 2 nitrogen and oxygen atoms in total. The molecular weight excluding hydrogens is 319 g/mol. The third kappa shape index (κ3) is 3.20. The molecule has 20 heavy (non-hydrogen) atoms. The van der Waals surface area contributed by atoms with E-state index in [9.17, 15) is 4.79 Å². The van der Waals surface area contributed by atoms with Crippen LogP contribution < -0.4 is 0 Å². The van der Waals surface area contributed by atoms with Crippen LogP contribution in [0.4, 0.5) is 0 Å². The highest BCUT2D eigenvalue weighted by Gasteiger charge is 2.23. The van der Waals surface area contributed by atoms with Gasteiger partial charge >= 0.3 is 5.97 Å². The predicted molar refractivity (Wildman–Crippen MR) is 83.6 cm³/mol. The number of carbonyl (C=O) groups is 1. The number of hydrogen-bond donors (Lipinski definition) is 0. The standard InChI is InChI=1S/C15H13Cl3O2/c1-9(14(19)20-2)10-3-4-12-8-13(15(16,17)18)6-5-11(12)7-10/h3-9H,1-2H3. The maximum absolute atomic E-state index is 11.6. The average molecular weight is 332 g/mol. The van der Waals surface area contributed by atoms with E-state index in [4.69, 9.17) is 39.5 Å². The summed E-state index contributed by atoms with van der Waals surface area (Å²) in [7, 11) is 1.38. The molecule has 0 amide bonds. The first-order valence-electron chi connectivity index (χ1n) is 6.01. The van der Waals surface area contributed by atoms with Gasteiger partial charge in [-0.3, -0.25) is 4.79 Å². The number of carbonyl (C=O) groups excluding carboxylic acids is 1. The number of hydrogen-bond acceptors (Lipinski definition) is 2. The lowest BCUT2D eigenvalue weighted by molar-refractivity contribution is -0.141. The van der Waals surface area contributed by atoms with Gasteiger partial charge in [-0.05, 0) is 29.3 Å². The Hall–Kier alpha value is -0.960. The second-order valence-corrected chi connectivity index (χ2v) is 6.85. The Morgan fingerprint density at radius 3 is 2.30 bits per heavy atom. The molecule has 0 aliphatic rings. The zero-order valence-corrected chi connectivity index (χ0v) is 13.3. The third-order valence-electron chi connectivity index (χ3n) is 3.25. The molecule has 0 heterocycles. The van der Waals surface area contributed by atoms with Crippen molar-refractivity contribution in [2.45, 2.75) is 16.6 Å². The summed E-state index contributed by atoms with van der Waals surface area (Å²) >= 11 is 17.6. The molecule has 1 atom stereocenters. The van der Waals surface area contributed by atoms with Crippen LogP contribution in [0, 0.1) is 0 Å². The normalized spacial score (nSPS) is 13.2. The minimum absolute atomic E-state index is 0.262. The van der Waals surface area contributed by atoms with Crippen LogP contribution in [0.25, 0.3) is 10.8 Å². The first kappa shape index (κ1) is 15.4. The molecule has 0 fully saturated rings. The van der Waals surface area contributed by atoms with Gasteiger partial charge in [-0.25, -0.2) is 0 Å². The molecule has 0 saturated heterocycles. The van der Waals surface area contributed by atoms with Crippen molar-refractivity contribution in [1.29, 1.82) is 0 Å². The van der Waals surface area contributed by atoms with Crippen molar-refractivity contribution < 1.29 is 9.53 Å². The second-order valence-electron chi connectivity index (χ2n) is 4.56. The number of fused-ring (bicyclic) bond motifs is 1. The van der Waals surface area contributed by atoms with Gasteiger partial charge in [0, 0.05) is 5.56 Å². The Bertz CT molecular complexity index is 647. The van der Waals surface area contributed by atoms with E-state index in [1.807, 2.05) is 37.3 Å². The van der Waals surface area contributed by atoms with Gasteiger partial charge in [0.15, 0.2) is 0 Å². The number of alkyl halides is 3. The molecule has 2 aromatic rings. The van der Waals surface area contributed by atoms with E-state index < -0.39 is 3.79 Å². The molecule has 0 aromatic heterocycles. The predicted octanol–water partition coefficient (Wildman–Crippen LogP) is 4.94. The van der Waals surface area contributed by atoms with Crippen LogP contribution in [0.15, 0.2) is 36.4 Å². The van der Waals surface area contributed by atoms with Crippen molar-refractivity contribution >= 4 is 51.5 Å². The van der Waals surface area contributed by atoms with E-state index >= 15 is 0 Å². The smallest absolute Gasteiger partial charge is 0.312 e.